The van der Waals surface area contributed by atoms with Crippen molar-refractivity contribution in [1.82, 2.24) is 5.32 Å². The van der Waals surface area contributed by atoms with E-state index in [4.69, 9.17) is 4.74 Å². The van der Waals surface area contributed by atoms with E-state index in [0.29, 0.717) is 6.61 Å². The second kappa shape index (κ2) is 7.51. The molecule has 0 unspecified atom stereocenters. The summed E-state index contributed by atoms with van der Waals surface area (Å²) >= 11 is 0. The molecule has 2 amide bonds. The Morgan fingerprint density at radius 2 is 1.86 bits per heavy atom. The first-order valence-corrected chi connectivity index (χ1v) is 6.66. The van der Waals surface area contributed by atoms with Gasteiger partial charge in [0.1, 0.15) is 11.6 Å². The highest BCUT2D eigenvalue weighted by Gasteiger charge is 2.09. The van der Waals surface area contributed by atoms with Gasteiger partial charge in [0.05, 0.1) is 12.3 Å². The Hall–Kier alpha value is -2.47. The highest BCUT2D eigenvalue weighted by atomic mass is 19.1. The molecule has 0 spiro atoms. The van der Waals surface area contributed by atoms with Crippen molar-refractivity contribution in [2.45, 2.75) is 13.2 Å². The highest BCUT2D eigenvalue weighted by Crippen LogP contribution is 2.15. The molecule has 4 nitrogen and oxygen atoms in total. The molecule has 2 aromatic carbocycles. The lowest BCUT2D eigenvalue weighted by Crippen LogP contribution is -2.29. The zero-order chi connectivity index (χ0) is 15.9. The molecule has 0 aromatic heterocycles. The highest BCUT2D eigenvalue weighted by molar-refractivity contribution is 5.89. The van der Waals surface area contributed by atoms with Gasteiger partial charge in [-0.15, -0.1) is 0 Å². The minimum Gasteiger partial charge on any atom is -0.380 e. The van der Waals surface area contributed by atoms with E-state index < -0.39 is 17.7 Å². The number of nitrogens with one attached hydrogen (secondary N) is 2. The summed E-state index contributed by atoms with van der Waals surface area (Å²) in [5.74, 6) is -1.32. The molecule has 0 saturated carbocycles. The van der Waals surface area contributed by atoms with E-state index in [0.717, 1.165) is 29.3 Å². The van der Waals surface area contributed by atoms with Gasteiger partial charge in [0.15, 0.2) is 0 Å². The van der Waals surface area contributed by atoms with Gasteiger partial charge in [-0.3, -0.25) is 0 Å². The summed E-state index contributed by atoms with van der Waals surface area (Å²) in [5, 5.41) is 4.87. The van der Waals surface area contributed by atoms with Crippen molar-refractivity contribution >= 4 is 11.7 Å². The number of ether oxygens (including phenoxy) is 1. The number of amides is 2. The number of halogens is 2. The second-order valence-electron chi connectivity index (χ2n) is 4.63. The Balaban J connectivity index is 1.97. The van der Waals surface area contributed by atoms with Crippen molar-refractivity contribution in [2.75, 3.05) is 12.4 Å². The molecule has 0 fully saturated rings. The Bertz CT molecular complexity index is 662. The van der Waals surface area contributed by atoms with Gasteiger partial charge in [-0.1, -0.05) is 24.3 Å². The van der Waals surface area contributed by atoms with Gasteiger partial charge in [0.2, 0.25) is 0 Å². The van der Waals surface area contributed by atoms with Crippen LogP contribution >= 0.6 is 0 Å². The average molecular weight is 306 g/mol. The van der Waals surface area contributed by atoms with Gasteiger partial charge in [-0.05, 0) is 23.3 Å². The van der Waals surface area contributed by atoms with Crippen LogP contribution in [-0.2, 0) is 17.9 Å². The zero-order valence-electron chi connectivity index (χ0n) is 12.0. The number of hydrogen-bond donors (Lipinski definition) is 2. The van der Waals surface area contributed by atoms with Crippen LogP contribution in [0.4, 0.5) is 19.3 Å². The van der Waals surface area contributed by atoms with Crippen LogP contribution in [0.5, 0.6) is 0 Å². The molecule has 2 N–H and O–H groups in total. The van der Waals surface area contributed by atoms with Crippen LogP contribution in [-0.4, -0.2) is 13.1 Å². The van der Waals surface area contributed by atoms with Crippen LogP contribution in [0.3, 0.4) is 0 Å². The van der Waals surface area contributed by atoms with Crippen molar-refractivity contribution in [3.63, 3.8) is 0 Å². The van der Waals surface area contributed by atoms with Gasteiger partial charge in [0.25, 0.3) is 0 Å². The van der Waals surface area contributed by atoms with Crippen molar-refractivity contribution in [3.8, 4) is 0 Å². The minimum absolute atomic E-state index is 0.206. The fourth-order valence-electron chi connectivity index (χ4n) is 1.96. The third kappa shape index (κ3) is 4.26. The molecule has 116 valence electrons. The molecule has 0 saturated heterocycles. The molecule has 2 rings (SSSR count). The Labute approximate surface area is 127 Å². The summed E-state index contributed by atoms with van der Waals surface area (Å²) in [6.45, 7) is 0.681. The number of methoxy groups -OCH3 is 1. The van der Waals surface area contributed by atoms with Crippen LogP contribution in [0, 0.1) is 11.6 Å². The Morgan fingerprint density at radius 1 is 1.14 bits per heavy atom. The number of hydrogen-bond acceptors (Lipinski definition) is 2. The fraction of sp³-hybridized carbons (Fsp3) is 0.188. The van der Waals surface area contributed by atoms with E-state index in [1.54, 1.807) is 7.11 Å². The zero-order valence-corrected chi connectivity index (χ0v) is 12.0. The lowest BCUT2D eigenvalue weighted by atomic mass is 10.1. The van der Waals surface area contributed by atoms with Crippen LogP contribution in [0.1, 0.15) is 11.1 Å². The van der Waals surface area contributed by atoms with Gasteiger partial charge >= 0.3 is 6.03 Å². The van der Waals surface area contributed by atoms with Crippen LogP contribution in [0.25, 0.3) is 0 Å². The summed E-state index contributed by atoms with van der Waals surface area (Å²) in [7, 11) is 1.59. The Morgan fingerprint density at radius 3 is 2.59 bits per heavy atom. The molecule has 6 heteroatoms. The van der Waals surface area contributed by atoms with E-state index in [-0.39, 0.29) is 12.2 Å². The predicted octanol–water partition coefficient (Wildman–Crippen LogP) is 3.43. The molecule has 0 aliphatic carbocycles. The van der Waals surface area contributed by atoms with Crippen molar-refractivity contribution in [3.05, 3.63) is 65.2 Å². The number of carbonyl (C=O) groups excluding carboxylic acids is 1. The normalized spacial score (nSPS) is 10.3. The largest absolute Gasteiger partial charge is 0.380 e. The van der Waals surface area contributed by atoms with Crippen molar-refractivity contribution < 1.29 is 18.3 Å². The SMILES string of the molecule is COCc1ccccc1CNC(=O)Nc1cc(F)ccc1F. The third-order valence-corrected chi connectivity index (χ3v) is 3.03. The van der Waals surface area contributed by atoms with Gasteiger partial charge < -0.3 is 15.4 Å². The average Bonchev–Trinajstić information content (AvgIpc) is 2.50. The first-order chi connectivity index (χ1) is 10.6. The molecule has 0 bridgehead atoms. The summed E-state index contributed by atoms with van der Waals surface area (Å²) < 4.78 is 31.5. The molecule has 0 radical (unpaired) electrons. The van der Waals surface area contributed by atoms with E-state index in [2.05, 4.69) is 10.6 Å². The summed E-state index contributed by atoms with van der Waals surface area (Å²) in [6.07, 6.45) is 0. The summed E-state index contributed by atoms with van der Waals surface area (Å²) in [5.41, 5.74) is 1.63. The topological polar surface area (TPSA) is 50.4 Å². The maximum Gasteiger partial charge on any atom is 0.319 e. The van der Waals surface area contributed by atoms with Gasteiger partial charge in [-0.2, -0.15) is 0 Å². The van der Waals surface area contributed by atoms with E-state index in [9.17, 15) is 13.6 Å². The number of rotatable bonds is 5. The number of carbonyl (C=O) groups is 1. The lowest BCUT2D eigenvalue weighted by molar-refractivity contribution is 0.184. The Kier molecular flexibility index (Phi) is 5.43. The second-order valence-corrected chi connectivity index (χ2v) is 4.63. The lowest BCUT2D eigenvalue weighted by Gasteiger charge is -2.11. The first kappa shape index (κ1) is 15.9. The molecule has 0 heterocycles. The smallest absolute Gasteiger partial charge is 0.319 e. The number of urea groups is 1. The molecule has 0 atom stereocenters. The van der Waals surface area contributed by atoms with Crippen LogP contribution < -0.4 is 10.6 Å². The summed E-state index contributed by atoms with van der Waals surface area (Å²) in [6, 6.07) is 9.73. The van der Waals surface area contributed by atoms with E-state index in [1.165, 1.54) is 0 Å². The minimum atomic E-state index is -0.698. The molecular formula is C16H16F2N2O2. The molecule has 22 heavy (non-hydrogen) atoms. The molecular weight excluding hydrogens is 290 g/mol. The molecule has 2 aromatic rings. The van der Waals surface area contributed by atoms with Crippen LogP contribution in [0.2, 0.25) is 0 Å². The first-order valence-electron chi connectivity index (χ1n) is 6.66. The number of anilines is 1. The fourth-order valence-corrected chi connectivity index (χ4v) is 1.96. The number of benzene rings is 2. The van der Waals surface area contributed by atoms with Gasteiger partial charge in [0, 0.05) is 19.7 Å². The standard InChI is InChI=1S/C16H16F2N2O2/c1-22-10-12-5-3-2-4-11(12)9-19-16(21)20-15-8-13(17)6-7-14(15)18/h2-8H,9-10H2,1H3,(H2,19,20,21). The third-order valence-electron chi connectivity index (χ3n) is 3.03. The van der Waals surface area contributed by atoms with Crippen molar-refractivity contribution in [2.24, 2.45) is 0 Å². The maximum absolute atomic E-state index is 13.4. The van der Waals surface area contributed by atoms with Gasteiger partial charge in [-0.25, -0.2) is 13.6 Å². The quantitative estimate of drug-likeness (QED) is 0.889. The maximum atomic E-state index is 13.4. The molecule has 0 aliphatic heterocycles. The van der Waals surface area contributed by atoms with E-state index in [1.807, 2.05) is 24.3 Å². The predicted molar refractivity (Wildman–Crippen MR) is 79.4 cm³/mol. The van der Waals surface area contributed by atoms with Crippen molar-refractivity contribution in [1.29, 1.82) is 0 Å². The monoisotopic (exact) mass is 306 g/mol. The van der Waals surface area contributed by atoms with Crippen LogP contribution in [0.15, 0.2) is 42.5 Å². The molecule has 0 aliphatic rings. The van der Waals surface area contributed by atoms with E-state index >= 15 is 0 Å². The summed E-state index contributed by atoms with van der Waals surface area (Å²) in [4.78, 5) is 11.8.